The van der Waals surface area contributed by atoms with Gasteiger partial charge in [-0.2, -0.15) is 0 Å². The number of thiocarbonyl (C=S) groups is 1. The number of benzene rings is 1. The zero-order valence-electron chi connectivity index (χ0n) is 14.3. The lowest BCUT2D eigenvalue weighted by molar-refractivity contribution is 0.0828. The molecule has 1 aliphatic carbocycles. The SMILES string of the molecule is Cc1ccc(N2N[C@@]3(C[C@H](C)CC(C)(C)C3)NC2=S)cc1C. The zero-order valence-corrected chi connectivity index (χ0v) is 15.1. The third-order valence-electron chi connectivity index (χ3n) is 5.00. The van der Waals surface area contributed by atoms with Gasteiger partial charge in [0.25, 0.3) is 0 Å². The monoisotopic (exact) mass is 317 g/mol. The van der Waals surface area contributed by atoms with Crippen molar-refractivity contribution in [1.29, 1.82) is 0 Å². The summed E-state index contributed by atoms with van der Waals surface area (Å²) in [6.07, 6.45) is 3.47. The van der Waals surface area contributed by atoms with Crippen LogP contribution in [0.1, 0.15) is 51.2 Å². The summed E-state index contributed by atoms with van der Waals surface area (Å²) in [5.41, 5.74) is 7.63. The van der Waals surface area contributed by atoms with Crippen LogP contribution < -0.4 is 15.8 Å². The molecule has 0 unspecified atom stereocenters. The second-order valence-electron chi connectivity index (χ2n) is 8.08. The quantitative estimate of drug-likeness (QED) is 0.764. The number of anilines is 1. The molecular weight excluding hydrogens is 290 g/mol. The summed E-state index contributed by atoms with van der Waals surface area (Å²) in [7, 11) is 0. The summed E-state index contributed by atoms with van der Waals surface area (Å²) in [5.74, 6) is 0.686. The average molecular weight is 318 g/mol. The van der Waals surface area contributed by atoms with E-state index in [4.69, 9.17) is 12.2 Å². The molecule has 0 aromatic heterocycles. The first-order valence-electron chi connectivity index (χ1n) is 8.17. The van der Waals surface area contributed by atoms with Crippen LogP contribution in [0.3, 0.4) is 0 Å². The van der Waals surface area contributed by atoms with E-state index in [2.05, 4.69) is 68.6 Å². The third-order valence-corrected chi connectivity index (χ3v) is 5.29. The van der Waals surface area contributed by atoms with Gasteiger partial charge in [-0.15, -0.1) is 0 Å². The van der Waals surface area contributed by atoms with Crippen LogP contribution in [0, 0.1) is 25.2 Å². The Balaban J connectivity index is 1.88. The Hall–Kier alpha value is -1.13. The van der Waals surface area contributed by atoms with Crippen molar-refractivity contribution in [3.63, 3.8) is 0 Å². The molecule has 3 rings (SSSR count). The molecule has 4 heteroatoms. The summed E-state index contributed by atoms with van der Waals surface area (Å²) in [6, 6.07) is 6.50. The number of aryl methyl sites for hydroxylation is 2. The molecule has 1 aliphatic heterocycles. The highest BCUT2D eigenvalue weighted by Crippen LogP contribution is 2.44. The minimum Gasteiger partial charge on any atom is -0.342 e. The van der Waals surface area contributed by atoms with Gasteiger partial charge in [-0.05, 0) is 79.9 Å². The molecule has 0 amide bonds. The van der Waals surface area contributed by atoms with E-state index in [1.807, 2.05) is 0 Å². The predicted octanol–water partition coefficient (Wildman–Crippen LogP) is 4.05. The minimum absolute atomic E-state index is 0.100. The Morgan fingerprint density at radius 1 is 1.18 bits per heavy atom. The molecule has 120 valence electrons. The van der Waals surface area contributed by atoms with E-state index in [9.17, 15) is 0 Å². The van der Waals surface area contributed by atoms with Gasteiger partial charge in [-0.3, -0.25) is 5.01 Å². The summed E-state index contributed by atoms with van der Waals surface area (Å²) >= 11 is 5.62. The van der Waals surface area contributed by atoms with Crippen molar-refractivity contribution in [2.45, 2.75) is 59.5 Å². The fourth-order valence-electron chi connectivity index (χ4n) is 4.35. The summed E-state index contributed by atoms with van der Waals surface area (Å²) < 4.78 is 0. The molecule has 0 radical (unpaired) electrons. The van der Waals surface area contributed by atoms with Crippen LogP contribution in [0.4, 0.5) is 5.69 Å². The van der Waals surface area contributed by atoms with Crippen LogP contribution in [0.2, 0.25) is 0 Å². The van der Waals surface area contributed by atoms with Crippen molar-refractivity contribution < 1.29 is 0 Å². The highest BCUT2D eigenvalue weighted by molar-refractivity contribution is 7.80. The van der Waals surface area contributed by atoms with Crippen LogP contribution in [0.25, 0.3) is 0 Å². The van der Waals surface area contributed by atoms with Gasteiger partial charge in [0.15, 0.2) is 5.11 Å². The van der Waals surface area contributed by atoms with Gasteiger partial charge < -0.3 is 5.32 Å². The van der Waals surface area contributed by atoms with Crippen molar-refractivity contribution >= 4 is 23.0 Å². The van der Waals surface area contributed by atoms with Crippen LogP contribution in [-0.2, 0) is 0 Å². The summed E-state index contributed by atoms with van der Waals surface area (Å²) in [5, 5.41) is 6.42. The predicted molar refractivity (Wildman–Crippen MR) is 96.8 cm³/mol. The van der Waals surface area contributed by atoms with Gasteiger partial charge in [-0.25, -0.2) is 5.43 Å². The molecule has 1 saturated carbocycles. The molecule has 2 atom stereocenters. The van der Waals surface area contributed by atoms with E-state index < -0.39 is 0 Å². The molecular formula is C18H27N3S. The van der Waals surface area contributed by atoms with Crippen molar-refractivity contribution in [3.8, 4) is 0 Å². The molecule has 1 aromatic rings. The lowest BCUT2D eigenvalue weighted by atomic mass is 9.68. The number of hydrogen-bond donors (Lipinski definition) is 2. The Labute approximate surface area is 139 Å². The number of hydrogen-bond acceptors (Lipinski definition) is 2. The Morgan fingerprint density at radius 3 is 2.55 bits per heavy atom. The van der Waals surface area contributed by atoms with Gasteiger partial charge >= 0.3 is 0 Å². The Morgan fingerprint density at radius 2 is 1.91 bits per heavy atom. The highest BCUT2D eigenvalue weighted by Gasteiger charge is 2.48. The molecule has 1 spiro atoms. The van der Waals surface area contributed by atoms with Crippen molar-refractivity contribution in [1.82, 2.24) is 10.7 Å². The molecule has 22 heavy (non-hydrogen) atoms. The standard InChI is InChI=1S/C18H27N3S/c1-12-9-17(4,5)11-18(10-12)19-16(22)21(20-18)15-7-6-13(2)14(3)8-15/h6-8,12,20H,9-11H2,1-5H3,(H,19,22)/t12-,18-/m1/s1. The average Bonchev–Trinajstić information content (AvgIpc) is 2.66. The second-order valence-corrected chi connectivity index (χ2v) is 8.47. The highest BCUT2D eigenvalue weighted by atomic mass is 32.1. The van der Waals surface area contributed by atoms with E-state index in [0.29, 0.717) is 11.3 Å². The topological polar surface area (TPSA) is 27.3 Å². The lowest BCUT2D eigenvalue weighted by Crippen LogP contribution is -2.57. The molecule has 1 aromatic carbocycles. The van der Waals surface area contributed by atoms with Gasteiger partial charge in [-0.1, -0.05) is 26.8 Å². The minimum atomic E-state index is -0.100. The van der Waals surface area contributed by atoms with Crippen molar-refractivity contribution in [2.24, 2.45) is 11.3 Å². The summed E-state index contributed by atoms with van der Waals surface area (Å²) in [6.45, 7) is 11.3. The summed E-state index contributed by atoms with van der Waals surface area (Å²) in [4.78, 5) is 0. The van der Waals surface area contributed by atoms with Crippen LogP contribution >= 0.6 is 12.2 Å². The molecule has 0 bridgehead atoms. The normalized spacial score (nSPS) is 30.7. The van der Waals surface area contributed by atoms with Crippen LogP contribution in [0.15, 0.2) is 18.2 Å². The Bertz CT molecular complexity index is 610. The molecule has 2 aliphatic rings. The molecule has 3 nitrogen and oxygen atoms in total. The smallest absolute Gasteiger partial charge is 0.189 e. The van der Waals surface area contributed by atoms with E-state index in [1.54, 1.807) is 0 Å². The largest absolute Gasteiger partial charge is 0.342 e. The van der Waals surface area contributed by atoms with Gasteiger partial charge in [0.05, 0.1) is 5.69 Å². The fourth-order valence-corrected chi connectivity index (χ4v) is 4.70. The van der Waals surface area contributed by atoms with E-state index >= 15 is 0 Å². The lowest BCUT2D eigenvalue weighted by Gasteiger charge is -2.45. The number of nitrogens with one attached hydrogen (secondary N) is 2. The van der Waals surface area contributed by atoms with Crippen LogP contribution in [-0.4, -0.2) is 10.8 Å². The number of nitrogens with zero attached hydrogens (tertiary/aromatic N) is 1. The molecule has 2 fully saturated rings. The second kappa shape index (κ2) is 5.20. The number of rotatable bonds is 1. The van der Waals surface area contributed by atoms with Crippen LogP contribution in [0.5, 0.6) is 0 Å². The number of hydrazine groups is 1. The van der Waals surface area contributed by atoms with E-state index in [1.165, 1.54) is 17.5 Å². The zero-order chi connectivity index (χ0) is 16.1. The molecule has 2 N–H and O–H groups in total. The fraction of sp³-hybridized carbons (Fsp3) is 0.611. The first kappa shape index (κ1) is 15.8. The maximum atomic E-state index is 5.62. The van der Waals surface area contributed by atoms with E-state index in [-0.39, 0.29) is 5.66 Å². The first-order chi connectivity index (χ1) is 10.2. The van der Waals surface area contributed by atoms with Gasteiger partial charge in [0, 0.05) is 0 Å². The molecule has 1 heterocycles. The Kier molecular flexibility index (Phi) is 3.73. The molecule has 1 saturated heterocycles. The van der Waals surface area contributed by atoms with Gasteiger partial charge in [0.1, 0.15) is 5.66 Å². The van der Waals surface area contributed by atoms with Crippen molar-refractivity contribution in [2.75, 3.05) is 5.01 Å². The third kappa shape index (κ3) is 2.86. The first-order valence-corrected chi connectivity index (χ1v) is 8.58. The van der Waals surface area contributed by atoms with Gasteiger partial charge in [0.2, 0.25) is 0 Å². The van der Waals surface area contributed by atoms with Crippen molar-refractivity contribution in [3.05, 3.63) is 29.3 Å². The maximum absolute atomic E-state index is 5.62. The maximum Gasteiger partial charge on any atom is 0.189 e. The van der Waals surface area contributed by atoms with E-state index in [0.717, 1.165) is 23.6 Å².